The van der Waals surface area contributed by atoms with Crippen LogP contribution in [0.1, 0.15) is 6.42 Å². The van der Waals surface area contributed by atoms with Gasteiger partial charge < -0.3 is 14.8 Å². The van der Waals surface area contributed by atoms with Crippen LogP contribution in [-0.4, -0.2) is 49.0 Å². The van der Waals surface area contributed by atoms with Crippen molar-refractivity contribution in [3.8, 4) is 16.9 Å². The van der Waals surface area contributed by atoms with Crippen molar-refractivity contribution in [3.05, 3.63) is 70.0 Å². The monoisotopic (exact) mass is 555 g/mol. The average molecular weight is 556 g/mol. The van der Waals surface area contributed by atoms with Crippen molar-refractivity contribution in [3.63, 3.8) is 0 Å². The van der Waals surface area contributed by atoms with E-state index in [9.17, 15) is 0 Å². The van der Waals surface area contributed by atoms with Gasteiger partial charge in [-0.2, -0.15) is 5.10 Å². The van der Waals surface area contributed by atoms with Crippen LogP contribution >= 0.6 is 22.7 Å². The van der Waals surface area contributed by atoms with E-state index in [1.54, 1.807) is 27.9 Å². The van der Waals surface area contributed by atoms with Crippen LogP contribution in [0.2, 0.25) is 0 Å². The van der Waals surface area contributed by atoms with Gasteiger partial charge in [-0.25, -0.2) is 19.9 Å². The van der Waals surface area contributed by atoms with E-state index in [0.29, 0.717) is 19.0 Å². The molecular formula is C28H25N7O2S2. The molecule has 1 aliphatic rings. The minimum atomic E-state index is 0.00366. The first-order chi connectivity index (χ1) is 19.0. The lowest BCUT2D eigenvalue weighted by molar-refractivity contribution is 0.142. The Morgan fingerprint density at radius 2 is 1.92 bits per heavy atom. The summed E-state index contributed by atoms with van der Waals surface area (Å²) in [5, 5.41) is 9.40. The Hall–Kier alpha value is -4.19. The van der Waals surface area contributed by atoms with Gasteiger partial charge in [0.1, 0.15) is 24.0 Å². The molecule has 9 nitrogen and oxygen atoms in total. The van der Waals surface area contributed by atoms with Crippen molar-refractivity contribution in [1.82, 2.24) is 29.7 Å². The molecule has 0 radical (unpaired) electrons. The molecule has 6 aromatic rings. The van der Waals surface area contributed by atoms with Crippen molar-refractivity contribution >= 4 is 68.5 Å². The highest BCUT2D eigenvalue weighted by molar-refractivity contribution is 7.16. The fraction of sp³-hybridized carbons (Fsp3) is 0.179. The topological polar surface area (TPSA) is 99.9 Å². The number of hydrogen-bond donors (Lipinski definition) is 1. The van der Waals surface area contributed by atoms with Gasteiger partial charge in [-0.1, -0.05) is 13.2 Å². The fourth-order valence-electron chi connectivity index (χ4n) is 4.23. The highest BCUT2D eigenvalue weighted by Crippen LogP contribution is 2.37. The van der Waals surface area contributed by atoms with Crippen molar-refractivity contribution in [2.24, 2.45) is 7.05 Å². The summed E-state index contributed by atoms with van der Waals surface area (Å²) in [6.45, 7) is 8.58. The molecule has 0 saturated carbocycles. The first kappa shape index (κ1) is 25.1. The SMILES string of the molecule is C=c1ncsc1=C.Cn1cc(-c2cc(OC3CCOC3)c3c(Nc4ccc5ncsc5c4)ncnc3c2)cn1. The third kappa shape index (κ3) is 5.51. The Labute approximate surface area is 232 Å². The Kier molecular flexibility index (Phi) is 7.01. The first-order valence-corrected chi connectivity index (χ1v) is 14.0. The number of rotatable bonds is 5. The molecule has 1 N–H and O–H groups in total. The quantitative estimate of drug-likeness (QED) is 0.332. The predicted octanol–water partition coefficient (Wildman–Crippen LogP) is 4.52. The number of benzene rings is 2. The second-order valence-corrected chi connectivity index (χ2v) is 10.8. The van der Waals surface area contributed by atoms with Crippen LogP contribution in [0, 0.1) is 0 Å². The van der Waals surface area contributed by atoms with Gasteiger partial charge in [0.2, 0.25) is 0 Å². The van der Waals surface area contributed by atoms with Crippen LogP contribution in [0.4, 0.5) is 11.5 Å². The molecule has 0 amide bonds. The molecule has 7 rings (SSSR count). The molecule has 5 heterocycles. The van der Waals surface area contributed by atoms with Crippen LogP contribution in [0.25, 0.3) is 45.4 Å². The zero-order valence-electron chi connectivity index (χ0n) is 21.2. The summed E-state index contributed by atoms with van der Waals surface area (Å²) in [7, 11) is 1.90. The zero-order chi connectivity index (χ0) is 26.8. The third-order valence-corrected chi connectivity index (χ3v) is 7.76. The summed E-state index contributed by atoms with van der Waals surface area (Å²) >= 11 is 3.13. The number of thiazole rings is 2. The molecule has 39 heavy (non-hydrogen) atoms. The van der Waals surface area contributed by atoms with E-state index in [1.807, 2.05) is 49.2 Å². The number of nitrogens with zero attached hydrogens (tertiary/aromatic N) is 6. The van der Waals surface area contributed by atoms with E-state index in [0.717, 1.165) is 60.0 Å². The van der Waals surface area contributed by atoms with Gasteiger partial charge >= 0.3 is 0 Å². The van der Waals surface area contributed by atoms with Gasteiger partial charge in [0.05, 0.1) is 56.9 Å². The molecule has 0 bridgehead atoms. The maximum absolute atomic E-state index is 6.41. The molecule has 1 saturated heterocycles. The molecule has 1 atom stereocenters. The van der Waals surface area contributed by atoms with Crippen molar-refractivity contribution in [2.75, 3.05) is 18.5 Å². The maximum Gasteiger partial charge on any atom is 0.145 e. The Balaban J connectivity index is 0.000000346. The lowest BCUT2D eigenvalue weighted by atomic mass is 10.1. The molecular weight excluding hydrogens is 530 g/mol. The minimum absolute atomic E-state index is 0.00366. The maximum atomic E-state index is 6.41. The molecule has 11 heteroatoms. The summed E-state index contributed by atoms with van der Waals surface area (Å²) in [6, 6.07) is 10.2. The second kappa shape index (κ2) is 10.9. The molecule has 2 aromatic carbocycles. The van der Waals surface area contributed by atoms with E-state index in [1.165, 1.54) is 11.3 Å². The van der Waals surface area contributed by atoms with Gasteiger partial charge in [0.15, 0.2) is 0 Å². The zero-order valence-corrected chi connectivity index (χ0v) is 22.8. The Bertz CT molecular complexity index is 1830. The van der Waals surface area contributed by atoms with Crippen LogP contribution in [-0.2, 0) is 11.8 Å². The number of nitrogens with one attached hydrogen (secondary N) is 1. The van der Waals surface area contributed by atoms with Crippen LogP contribution < -0.4 is 19.9 Å². The Morgan fingerprint density at radius 1 is 1.03 bits per heavy atom. The Morgan fingerprint density at radius 3 is 2.64 bits per heavy atom. The fourth-order valence-corrected chi connectivity index (χ4v) is 5.44. The largest absolute Gasteiger partial charge is 0.487 e. The van der Waals surface area contributed by atoms with Gasteiger partial charge in [0.25, 0.3) is 0 Å². The van der Waals surface area contributed by atoms with Crippen LogP contribution in [0.5, 0.6) is 5.75 Å². The third-order valence-electron chi connectivity index (χ3n) is 6.24. The number of hydrogen-bond acceptors (Lipinski definition) is 10. The van der Waals surface area contributed by atoms with E-state index >= 15 is 0 Å². The number of fused-ring (bicyclic) bond motifs is 2. The summed E-state index contributed by atoms with van der Waals surface area (Å²) in [6.07, 6.45) is 6.26. The predicted molar refractivity (Wildman–Crippen MR) is 157 cm³/mol. The summed E-state index contributed by atoms with van der Waals surface area (Å²) < 4.78 is 15.8. The van der Waals surface area contributed by atoms with E-state index in [4.69, 9.17) is 9.47 Å². The summed E-state index contributed by atoms with van der Waals surface area (Å²) in [4.78, 5) is 17.3. The van der Waals surface area contributed by atoms with Crippen molar-refractivity contribution < 1.29 is 9.47 Å². The molecule has 4 aromatic heterocycles. The van der Waals surface area contributed by atoms with Gasteiger partial charge in [-0.15, -0.1) is 22.7 Å². The van der Waals surface area contributed by atoms with Crippen molar-refractivity contribution in [2.45, 2.75) is 12.5 Å². The smallest absolute Gasteiger partial charge is 0.145 e. The highest BCUT2D eigenvalue weighted by Gasteiger charge is 2.21. The molecule has 0 aliphatic carbocycles. The lowest BCUT2D eigenvalue weighted by Gasteiger charge is -2.17. The molecule has 1 fully saturated rings. The number of aryl methyl sites for hydroxylation is 1. The number of anilines is 2. The highest BCUT2D eigenvalue weighted by atomic mass is 32.1. The molecule has 0 spiro atoms. The number of aromatic nitrogens is 6. The number of ether oxygens (including phenoxy) is 2. The second-order valence-electron chi connectivity index (χ2n) is 8.98. The standard InChI is InChI=1S/C23H20N6O2S.C5H5NS/c1-29-10-15(9-27-29)14-6-19-22(20(7-14)31-17-4-5-30-11-17)23(25-12-24-19)28-16-2-3-18-21(8-16)32-13-26-18;1-4-5(2)7-3-6-4/h2-3,6-10,12-13,17H,4-5,11H2,1H3,(H,24,25,28);3H,1-2H2. The first-order valence-electron chi connectivity index (χ1n) is 12.2. The molecule has 196 valence electrons. The van der Waals surface area contributed by atoms with E-state index < -0.39 is 0 Å². The van der Waals surface area contributed by atoms with E-state index in [2.05, 4.69) is 49.6 Å². The summed E-state index contributed by atoms with van der Waals surface area (Å²) in [5.74, 6) is 1.43. The van der Waals surface area contributed by atoms with Crippen molar-refractivity contribution in [1.29, 1.82) is 0 Å². The lowest BCUT2D eigenvalue weighted by Crippen LogP contribution is -2.16. The van der Waals surface area contributed by atoms with Gasteiger partial charge in [-0.05, 0) is 35.9 Å². The van der Waals surface area contributed by atoms with Crippen LogP contribution in [0.15, 0.2) is 60.1 Å². The van der Waals surface area contributed by atoms with Gasteiger partial charge in [0, 0.05) is 35.4 Å². The average Bonchev–Trinajstić information content (AvgIpc) is 3.75. The molecule has 1 unspecified atom stereocenters. The molecule has 1 aliphatic heterocycles. The minimum Gasteiger partial charge on any atom is -0.487 e. The van der Waals surface area contributed by atoms with Gasteiger partial charge in [-0.3, -0.25) is 4.68 Å². The van der Waals surface area contributed by atoms with Crippen LogP contribution in [0.3, 0.4) is 0 Å². The van der Waals surface area contributed by atoms with E-state index in [-0.39, 0.29) is 6.10 Å². The normalized spacial score (nSPS) is 14.8. The summed E-state index contributed by atoms with van der Waals surface area (Å²) in [5.41, 5.74) is 8.32.